The van der Waals surface area contributed by atoms with Crippen LogP contribution in [0.5, 0.6) is 0 Å². The van der Waals surface area contributed by atoms with Crippen molar-refractivity contribution >= 4 is 27.6 Å². The van der Waals surface area contributed by atoms with Gasteiger partial charge in [-0.1, -0.05) is 37.3 Å². The summed E-state index contributed by atoms with van der Waals surface area (Å²) in [4.78, 5) is 24.0. The van der Waals surface area contributed by atoms with E-state index in [9.17, 15) is 4.79 Å². The minimum Gasteiger partial charge on any atom is -0.333 e. The molecular weight excluding hydrogens is 330 g/mol. The number of aromatic nitrogens is 2. The van der Waals surface area contributed by atoms with Gasteiger partial charge in [-0.2, -0.15) is 0 Å². The van der Waals surface area contributed by atoms with Crippen molar-refractivity contribution in [3.8, 4) is 0 Å². The SMILES string of the molecule is CCc1cnc2nc([C@H]3CCCN3C(=O)Cc3ccccc3)sc2c1. The molecule has 1 atom stereocenters. The van der Waals surface area contributed by atoms with Crippen molar-refractivity contribution in [3.63, 3.8) is 0 Å². The number of hydrogen-bond acceptors (Lipinski definition) is 4. The molecule has 0 radical (unpaired) electrons. The lowest BCUT2D eigenvalue weighted by Gasteiger charge is -2.23. The van der Waals surface area contributed by atoms with Crippen LogP contribution in [-0.2, 0) is 17.6 Å². The zero-order valence-corrected chi connectivity index (χ0v) is 15.1. The third-order valence-electron chi connectivity index (χ3n) is 4.78. The molecule has 1 aliphatic heterocycles. The van der Waals surface area contributed by atoms with Crippen molar-refractivity contribution in [2.24, 2.45) is 0 Å². The predicted molar refractivity (Wildman–Crippen MR) is 101 cm³/mol. The molecule has 0 spiro atoms. The molecule has 1 aromatic carbocycles. The van der Waals surface area contributed by atoms with Crippen LogP contribution in [0.3, 0.4) is 0 Å². The van der Waals surface area contributed by atoms with Gasteiger partial charge in [0.15, 0.2) is 5.65 Å². The lowest BCUT2D eigenvalue weighted by atomic mass is 10.1. The van der Waals surface area contributed by atoms with Crippen LogP contribution >= 0.6 is 11.3 Å². The average molecular weight is 351 g/mol. The summed E-state index contributed by atoms with van der Waals surface area (Å²) in [7, 11) is 0. The maximum atomic E-state index is 12.8. The standard InChI is InChI=1S/C20H21N3OS/c1-2-14-11-17-19(21-13-14)22-20(25-17)16-9-6-10-23(16)18(24)12-15-7-4-3-5-8-15/h3-5,7-8,11,13,16H,2,6,9-10,12H2,1H3/t16-/m1/s1. The van der Waals surface area contributed by atoms with E-state index in [2.05, 4.69) is 18.0 Å². The number of hydrogen-bond donors (Lipinski definition) is 0. The van der Waals surface area contributed by atoms with Crippen molar-refractivity contribution in [2.75, 3.05) is 6.54 Å². The van der Waals surface area contributed by atoms with E-state index in [1.807, 2.05) is 41.4 Å². The molecule has 1 saturated heterocycles. The lowest BCUT2D eigenvalue weighted by Crippen LogP contribution is -2.31. The largest absolute Gasteiger partial charge is 0.333 e. The molecule has 3 aromatic rings. The summed E-state index contributed by atoms with van der Waals surface area (Å²) in [5, 5.41) is 1.02. The third kappa shape index (κ3) is 3.29. The second-order valence-electron chi connectivity index (χ2n) is 6.48. The van der Waals surface area contributed by atoms with E-state index in [1.54, 1.807) is 11.3 Å². The molecule has 4 rings (SSSR count). The van der Waals surface area contributed by atoms with Crippen LogP contribution in [0.25, 0.3) is 10.3 Å². The Hall–Kier alpha value is -2.27. The fourth-order valence-electron chi connectivity index (χ4n) is 3.41. The molecule has 3 heterocycles. The number of thiazole rings is 1. The number of amides is 1. The summed E-state index contributed by atoms with van der Waals surface area (Å²) in [6.45, 7) is 2.95. The maximum absolute atomic E-state index is 12.8. The van der Waals surface area contributed by atoms with Gasteiger partial charge < -0.3 is 4.90 Å². The Morgan fingerprint density at radius 2 is 2.12 bits per heavy atom. The second kappa shape index (κ2) is 6.92. The van der Waals surface area contributed by atoms with Crippen LogP contribution < -0.4 is 0 Å². The average Bonchev–Trinajstić information content (AvgIpc) is 3.28. The summed E-state index contributed by atoms with van der Waals surface area (Å²) >= 11 is 1.68. The molecule has 0 N–H and O–H groups in total. The molecule has 1 aliphatic rings. The third-order valence-corrected chi connectivity index (χ3v) is 5.88. The minimum atomic E-state index is 0.0977. The van der Waals surface area contributed by atoms with Crippen LogP contribution in [0.4, 0.5) is 0 Å². The van der Waals surface area contributed by atoms with E-state index in [4.69, 9.17) is 4.98 Å². The van der Waals surface area contributed by atoms with Crippen LogP contribution in [0.15, 0.2) is 42.6 Å². The first kappa shape index (κ1) is 16.2. The van der Waals surface area contributed by atoms with Gasteiger partial charge in [-0.05, 0) is 36.5 Å². The van der Waals surface area contributed by atoms with Gasteiger partial charge in [0, 0.05) is 12.7 Å². The normalized spacial score (nSPS) is 17.3. The van der Waals surface area contributed by atoms with Crippen molar-refractivity contribution < 1.29 is 4.79 Å². The number of benzene rings is 1. The number of aryl methyl sites for hydroxylation is 1. The molecule has 0 bridgehead atoms. The fourth-order valence-corrected chi connectivity index (χ4v) is 4.55. The number of pyridine rings is 1. The Kier molecular flexibility index (Phi) is 4.49. The smallest absolute Gasteiger partial charge is 0.227 e. The zero-order valence-electron chi connectivity index (χ0n) is 14.3. The Bertz CT molecular complexity index is 890. The van der Waals surface area contributed by atoms with Crippen LogP contribution in [0.2, 0.25) is 0 Å². The van der Waals surface area contributed by atoms with Gasteiger partial charge in [0.2, 0.25) is 5.91 Å². The monoisotopic (exact) mass is 351 g/mol. The fraction of sp³-hybridized carbons (Fsp3) is 0.350. The summed E-state index contributed by atoms with van der Waals surface area (Å²) in [6.07, 6.45) is 5.36. The van der Waals surface area contributed by atoms with Crippen molar-refractivity contribution in [3.05, 3.63) is 58.7 Å². The van der Waals surface area contributed by atoms with Crippen LogP contribution in [-0.4, -0.2) is 27.3 Å². The van der Waals surface area contributed by atoms with Gasteiger partial charge in [-0.3, -0.25) is 4.79 Å². The zero-order chi connectivity index (χ0) is 17.2. The first-order valence-corrected chi connectivity index (χ1v) is 9.65. The van der Waals surface area contributed by atoms with Crippen molar-refractivity contribution in [1.29, 1.82) is 0 Å². The van der Waals surface area contributed by atoms with E-state index in [1.165, 1.54) is 5.56 Å². The van der Waals surface area contributed by atoms with Gasteiger partial charge in [0.05, 0.1) is 17.2 Å². The number of carbonyl (C=O) groups excluding carboxylic acids is 1. The van der Waals surface area contributed by atoms with Gasteiger partial charge in [0.1, 0.15) is 5.01 Å². The summed E-state index contributed by atoms with van der Waals surface area (Å²) in [5.74, 6) is 0.190. The van der Waals surface area contributed by atoms with E-state index >= 15 is 0 Å². The Morgan fingerprint density at radius 3 is 2.92 bits per heavy atom. The van der Waals surface area contributed by atoms with Crippen LogP contribution in [0, 0.1) is 0 Å². The second-order valence-corrected chi connectivity index (χ2v) is 7.54. The quantitative estimate of drug-likeness (QED) is 0.709. The summed E-state index contributed by atoms with van der Waals surface area (Å²) < 4.78 is 1.12. The molecule has 0 aliphatic carbocycles. The summed E-state index contributed by atoms with van der Waals surface area (Å²) in [6, 6.07) is 12.2. The highest BCUT2D eigenvalue weighted by Crippen LogP contribution is 2.36. The van der Waals surface area contributed by atoms with Crippen molar-refractivity contribution in [2.45, 2.75) is 38.6 Å². The molecule has 1 fully saturated rings. The van der Waals surface area contributed by atoms with E-state index < -0.39 is 0 Å². The number of likely N-dealkylation sites (tertiary alicyclic amines) is 1. The molecule has 4 nitrogen and oxygen atoms in total. The number of carbonyl (C=O) groups is 1. The molecule has 0 saturated carbocycles. The lowest BCUT2D eigenvalue weighted by molar-refractivity contribution is -0.131. The Labute approximate surface area is 151 Å². The molecule has 25 heavy (non-hydrogen) atoms. The molecule has 5 heteroatoms. The molecule has 1 amide bonds. The highest BCUT2D eigenvalue weighted by atomic mass is 32.1. The Balaban J connectivity index is 1.57. The maximum Gasteiger partial charge on any atom is 0.227 e. The molecule has 2 aromatic heterocycles. The molecule has 0 unspecified atom stereocenters. The van der Waals surface area contributed by atoms with E-state index in [-0.39, 0.29) is 11.9 Å². The molecule has 128 valence electrons. The first-order chi connectivity index (χ1) is 12.2. The van der Waals surface area contributed by atoms with Crippen molar-refractivity contribution in [1.82, 2.24) is 14.9 Å². The summed E-state index contributed by atoms with van der Waals surface area (Å²) in [5.41, 5.74) is 3.10. The topological polar surface area (TPSA) is 46.1 Å². The molecular formula is C20H21N3OS. The number of nitrogens with zero attached hydrogens (tertiary/aromatic N) is 3. The first-order valence-electron chi connectivity index (χ1n) is 8.83. The van der Waals surface area contributed by atoms with Crippen LogP contribution in [0.1, 0.15) is 41.9 Å². The predicted octanol–water partition coefficient (Wildman–Crippen LogP) is 4.16. The number of fused-ring (bicyclic) bond motifs is 1. The van der Waals surface area contributed by atoms with Gasteiger partial charge in [-0.25, -0.2) is 9.97 Å². The van der Waals surface area contributed by atoms with E-state index in [0.29, 0.717) is 6.42 Å². The highest BCUT2D eigenvalue weighted by Gasteiger charge is 2.32. The van der Waals surface area contributed by atoms with Gasteiger partial charge >= 0.3 is 0 Å². The minimum absolute atomic E-state index is 0.0977. The number of rotatable bonds is 4. The van der Waals surface area contributed by atoms with Gasteiger partial charge in [-0.15, -0.1) is 11.3 Å². The van der Waals surface area contributed by atoms with E-state index in [0.717, 1.165) is 46.7 Å². The van der Waals surface area contributed by atoms with Gasteiger partial charge in [0.25, 0.3) is 0 Å². The Morgan fingerprint density at radius 1 is 1.28 bits per heavy atom. The highest BCUT2D eigenvalue weighted by molar-refractivity contribution is 7.18.